The van der Waals surface area contributed by atoms with E-state index < -0.39 is 0 Å². The predicted octanol–water partition coefficient (Wildman–Crippen LogP) is 6.66. The van der Waals surface area contributed by atoms with Crippen molar-refractivity contribution in [1.82, 2.24) is 0 Å². The Kier molecular flexibility index (Phi) is 5.10. The number of halogens is 2. The first-order valence-corrected chi connectivity index (χ1v) is 8.57. The number of benzene rings is 1. The molecule has 0 amide bonds. The van der Waals surface area contributed by atoms with Crippen molar-refractivity contribution >= 4 is 38.9 Å². The minimum absolute atomic E-state index is 0.0546. The van der Waals surface area contributed by atoms with Crippen molar-refractivity contribution in [3.8, 4) is 0 Å². The molecule has 2 atom stereocenters. The maximum absolute atomic E-state index is 6.57. The minimum atomic E-state index is -0.0546. The highest BCUT2D eigenvalue weighted by Crippen LogP contribution is 2.38. The topological polar surface area (TPSA) is 0 Å². The van der Waals surface area contributed by atoms with Crippen LogP contribution < -0.4 is 0 Å². The van der Waals surface area contributed by atoms with Gasteiger partial charge in [-0.25, -0.2) is 0 Å². The number of hydrogen-bond acceptors (Lipinski definition) is 1. The molecule has 0 radical (unpaired) electrons. The van der Waals surface area contributed by atoms with Crippen LogP contribution >= 0.6 is 38.9 Å². The summed E-state index contributed by atoms with van der Waals surface area (Å²) >= 11 is 11.8. The van der Waals surface area contributed by atoms with E-state index in [2.05, 4.69) is 67.0 Å². The van der Waals surface area contributed by atoms with Crippen LogP contribution in [-0.2, 0) is 0 Å². The average molecular weight is 358 g/mol. The molecule has 3 heteroatoms. The number of rotatable bonds is 4. The number of alkyl halides is 1. The lowest BCUT2D eigenvalue weighted by atomic mass is 9.97. The fraction of sp³-hybridized carbons (Fsp3) is 0.375. The molecule has 0 saturated heterocycles. The van der Waals surface area contributed by atoms with Gasteiger partial charge in [-0.3, -0.25) is 0 Å². The quantitative estimate of drug-likeness (QED) is 0.537. The monoisotopic (exact) mass is 356 g/mol. The molecule has 2 aromatic rings. The van der Waals surface area contributed by atoms with Gasteiger partial charge in [-0.05, 0) is 57.9 Å². The Morgan fingerprint density at radius 1 is 1.21 bits per heavy atom. The van der Waals surface area contributed by atoms with Crippen LogP contribution in [0.2, 0.25) is 0 Å². The maximum Gasteiger partial charge on any atom is 0.0928 e. The fourth-order valence-electron chi connectivity index (χ4n) is 2.00. The van der Waals surface area contributed by atoms with E-state index in [9.17, 15) is 0 Å². The second kappa shape index (κ2) is 6.43. The second-order valence-electron chi connectivity index (χ2n) is 4.94. The number of hydrogen-bond donors (Lipinski definition) is 0. The first-order chi connectivity index (χ1) is 9.02. The van der Waals surface area contributed by atoms with Crippen molar-refractivity contribution in [2.24, 2.45) is 0 Å². The van der Waals surface area contributed by atoms with Gasteiger partial charge in [0.25, 0.3) is 0 Å². The predicted molar refractivity (Wildman–Crippen MR) is 89.6 cm³/mol. The van der Waals surface area contributed by atoms with E-state index in [0.717, 1.165) is 0 Å². The zero-order chi connectivity index (χ0) is 14.0. The second-order valence-corrected chi connectivity index (χ2v) is 7.78. The molecule has 0 fully saturated rings. The van der Waals surface area contributed by atoms with Crippen LogP contribution in [0.25, 0.3) is 0 Å². The third kappa shape index (κ3) is 3.42. The summed E-state index contributed by atoms with van der Waals surface area (Å²) in [7, 11) is 0. The Morgan fingerprint density at radius 2 is 1.79 bits per heavy atom. The zero-order valence-electron chi connectivity index (χ0n) is 11.4. The van der Waals surface area contributed by atoms with Crippen molar-refractivity contribution in [1.29, 1.82) is 0 Å². The molecule has 0 aliphatic rings. The Balaban J connectivity index is 2.22. The molecule has 2 unspecified atom stereocenters. The molecule has 19 heavy (non-hydrogen) atoms. The fourth-order valence-corrected chi connectivity index (χ4v) is 3.92. The van der Waals surface area contributed by atoms with Gasteiger partial charge in [-0.15, -0.1) is 22.9 Å². The summed E-state index contributed by atoms with van der Waals surface area (Å²) in [5, 5.41) is -0.0546. The molecule has 2 rings (SSSR count). The minimum Gasteiger partial charge on any atom is -0.131 e. The summed E-state index contributed by atoms with van der Waals surface area (Å²) in [5.41, 5.74) is 3.81. The Bertz CT molecular complexity index is 525. The summed E-state index contributed by atoms with van der Waals surface area (Å²) in [5.74, 6) is 0.612. The van der Waals surface area contributed by atoms with Crippen molar-refractivity contribution in [2.75, 3.05) is 0 Å². The average Bonchev–Trinajstić information content (AvgIpc) is 2.77. The van der Waals surface area contributed by atoms with E-state index in [-0.39, 0.29) is 5.38 Å². The van der Waals surface area contributed by atoms with Crippen molar-refractivity contribution in [3.63, 3.8) is 0 Å². The molecule has 1 aromatic heterocycles. The molecule has 0 nitrogen and oxygen atoms in total. The van der Waals surface area contributed by atoms with Crippen molar-refractivity contribution in [2.45, 2.75) is 38.5 Å². The Morgan fingerprint density at radius 3 is 2.26 bits per heavy atom. The van der Waals surface area contributed by atoms with E-state index in [1.807, 2.05) is 0 Å². The van der Waals surface area contributed by atoms with Crippen LogP contribution in [0.15, 0.2) is 34.1 Å². The number of thiophene rings is 1. The van der Waals surface area contributed by atoms with E-state index in [1.165, 1.54) is 31.8 Å². The molecule has 0 bridgehead atoms. The van der Waals surface area contributed by atoms with Crippen LogP contribution in [0, 0.1) is 6.92 Å². The first kappa shape index (κ1) is 15.1. The van der Waals surface area contributed by atoms with E-state index in [1.54, 1.807) is 11.3 Å². The first-order valence-electron chi connectivity index (χ1n) is 6.52. The largest absolute Gasteiger partial charge is 0.131 e. The normalized spacial score (nSPS) is 14.4. The smallest absolute Gasteiger partial charge is 0.0928 e. The summed E-state index contributed by atoms with van der Waals surface area (Å²) in [4.78, 5) is 1.20. The zero-order valence-corrected chi connectivity index (χ0v) is 14.6. The molecule has 0 spiro atoms. The van der Waals surface area contributed by atoms with Crippen molar-refractivity contribution in [3.05, 3.63) is 55.7 Å². The van der Waals surface area contributed by atoms with E-state index >= 15 is 0 Å². The maximum atomic E-state index is 6.57. The third-order valence-electron chi connectivity index (χ3n) is 3.54. The van der Waals surface area contributed by atoms with Crippen LogP contribution in [0.4, 0.5) is 0 Å². The van der Waals surface area contributed by atoms with Crippen LogP contribution in [0.5, 0.6) is 0 Å². The Labute approximate surface area is 132 Å². The molecule has 0 N–H and O–H groups in total. The SMILES string of the molecule is CCC(C)c1ccc(C(Cl)c2cc(C)c(Br)s2)cc1. The summed E-state index contributed by atoms with van der Waals surface area (Å²) < 4.78 is 1.17. The molecule has 0 aliphatic heterocycles. The standard InChI is InChI=1S/C16H18BrClS/c1-4-10(2)12-5-7-13(8-6-12)15(18)14-9-11(3)16(17)19-14/h5-10,15H,4H2,1-3H3. The lowest BCUT2D eigenvalue weighted by molar-refractivity contribution is 0.733. The summed E-state index contributed by atoms with van der Waals surface area (Å²) in [6, 6.07) is 10.9. The van der Waals surface area contributed by atoms with Gasteiger partial charge >= 0.3 is 0 Å². The molecular weight excluding hydrogens is 340 g/mol. The highest BCUT2D eigenvalue weighted by atomic mass is 79.9. The van der Waals surface area contributed by atoms with Gasteiger partial charge in [0.1, 0.15) is 0 Å². The van der Waals surface area contributed by atoms with Gasteiger partial charge in [-0.2, -0.15) is 0 Å². The lowest BCUT2D eigenvalue weighted by Crippen LogP contribution is -1.94. The molecule has 0 saturated carbocycles. The Hall–Kier alpha value is -0.310. The summed E-state index contributed by atoms with van der Waals surface area (Å²) in [6.07, 6.45) is 1.17. The molecule has 1 aromatic carbocycles. The van der Waals surface area contributed by atoms with Gasteiger partial charge in [-0.1, -0.05) is 38.1 Å². The molecule has 102 valence electrons. The third-order valence-corrected chi connectivity index (χ3v) is 6.35. The van der Waals surface area contributed by atoms with Gasteiger partial charge in [0, 0.05) is 4.88 Å². The van der Waals surface area contributed by atoms with Gasteiger partial charge in [0.2, 0.25) is 0 Å². The highest BCUT2D eigenvalue weighted by Gasteiger charge is 2.15. The van der Waals surface area contributed by atoms with Gasteiger partial charge in [0.15, 0.2) is 0 Å². The van der Waals surface area contributed by atoms with E-state index in [0.29, 0.717) is 5.92 Å². The molecular formula is C16H18BrClS. The summed E-state index contributed by atoms with van der Waals surface area (Å²) in [6.45, 7) is 6.57. The van der Waals surface area contributed by atoms with Crippen LogP contribution in [0.1, 0.15) is 53.1 Å². The van der Waals surface area contributed by atoms with Gasteiger partial charge < -0.3 is 0 Å². The molecule has 0 aliphatic carbocycles. The van der Waals surface area contributed by atoms with Crippen LogP contribution in [-0.4, -0.2) is 0 Å². The highest BCUT2D eigenvalue weighted by molar-refractivity contribution is 9.11. The van der Waals surface area contributed by atoms with Gasteiger partial charge in [0.05, 0.1) is 9.16 Å². The number of aryl methyl sites for hydroxylation is 1. The lowest BCUT2D eigenvalue weighted by Gasteiger charge is -2.12. The molecule has 1 heterocycles. The van der Waals surface area contributed by atoms with Crippen LogP contribution in [0.3, 0.4) is 0 Å². The van der Waals surface area contributed by atoms with Crippen molar-refractivity contribution < 1.29 is 0 Å². The van der Waals surface area contributed by atoms with E-state index in [4.69, 9.17) is 11.6 Å².